The van der Waals surface area contributed by atoms with Crippen molar-refractivity contribution in [1.82, 2.24) is 0 Å². The lowest BCUT2D eigenvalue weighted by molar-refractivity contribution is -0.195. The van der Waals surface area contributed by atoms with Crippen LogP contribution in [0.4, 0.5) is 0 Å². The first-order chi connectivity index (χ1) is 7.16. The van der Waals surface area contributed by atoms with Crippen molar-refractivity contribution in [1.29, 1.82) is 0 Å². The molecule has 0 bridgehead atoms. The second-order valence-electron chi connectivity index (χ2n) is 6.26. The summed E-state index contributed by atoms with van der Waals surface area (Å²) >= 11 is 0. The van der Waals surface area contributed by atoms with Crippen molar-refractivity contribution in [3.8, 4) is 0 Å². The van der Waals surface area contributed by atoms with Crippen LogP contribution in [0.3, 0.4) is 0 Å². The molecule has 2 fully saturated rings. The summed E-state index contributed by atoms with van der Waals surface area (Å²) < 4.78 is 11.7. The Hall–Kier alpha value is -0.410. The van der Waals surface area contributed by atoms with E-state index in [9.17, 15) is 4.79 Å². The number of hydrogen-bond donors (Lipinski definition) is 0. The summed E-state index contributed by atoms with van der Waals surface area (Å²) in [5.41, 5.74) is -1.14. The quantitative estimate of drug-likeness (QED) is 0.689. The fourth-order valence-electron chi connectivity index (χ4n) is 2.67. The minimum atomic E-state index is -0.650. The Morgan fingerprint density at radius 3 is 2.12 bits per heavy atom. The van der Waals surface area contributed by atoms with Gasteiger partial charge in [-0.2, -0.15) is 0 Å². The molecule has 3 nitrogen and oxygen atoms in total. The molecule has 2 saturated heterocycles. The zero-order valence-corrected chi connectivity index (χ0v) is 11.1. The zero-order valence-electron chi connectivity index (χ0n) is 11.1. The van der Waals surface area contributed by atoms with E-state index in [-0.39, 0.29) is 29.0 Å². The van der Waals surface area contributed by atoms with Crippen LogP contribution in [0.1, 0.15) is 48.0 Å². The van der Waals surface area contributed by atoms with E-state index in [2.05, 4.69) is 13.8 Å². The highest BCUT2D eigenvalue weighted by atomic mass is 16.7. The molecule has 0 aromatic rings. The third-order valence-corrected chi connectivity index (χ3v) is 4.87. The average molecular weight is 226 g/mol. The van der Waals surface area contributed by atoms with Gasteiger partial charge in [-0.1, -0.05) is 20.8 Å². The fourth-order valence-corrected chi connectivity index (χ4v) is 2.67. The number of hydrogen-bond acceptors (Lipinski definition) is 3. The van der Waals surface area contributed by atoms with Crippen LogP contribution >= 0.6 is 0 Å². The summed E-state index contributed by atoms with van der Waals surface area (Å²) in [6.07, 6.45) is 0.348. The van der Waals surface area contributed by atoms with Crippen molar-refractivity contribution in [2.45, 2.75) is 65.5 Å². The van der Waals surface area contributed by atoms with Gasteiger partial charge in [-0.15, -0.1) is 0 Å². The van der Waals surface area contributed by atoms with Gasteiger partial charge in [0.15, 0.2) is 12.1 Å². The Bertz CT molecular complexity index is 332. The van der Waals surface area contributed by atoms with Gasteiger partial charge < -0.3 is 9.47 Å². The number of carbonyl (C=O) groups excluding carboxylic acids is 1. The molecule has 0 spiro atoms. The van der Waals surface area contributed by atoms with E-state index < -0.39 is 5.60 Å². The molecular formula is C13H22O3. The molecule has 0 aromatic carbocycles. The highest BCUT2D eigenvalue weighted by molar-refractivity contribution is 5.92. The molecule has 3 atom stereocenters. The van der Waals surface area contributed by atoms with E-state index in [1.54, 1.807) is 0 Å². The molecule has 0 amide bonds. The predicted molar refractivity (Wildman–Crippen MR) is 61.0 cm³/mol. The third kappa shape index (κ3) is 1.25. The van der Waals surface area contributed by atoms with Crippen LogP contribution in [0, 0.1) is 11.3 Å². The van der Waals surface area contributed by atoms with Crippen LogP contribution in [0.2, 0.25) is 0 Å². The normalized spacial score (nSPS) is 44.8. The summed E-state index contributed by atoms with van der Waals surface area (Å²) in [5.74, 6) is 0.0722. The predicted octanol–water partition coefficient (Wildman–Crippen LogP) is 2.53. The topological polar surface area (TPSA) is 35.5 Å². The molecule has 0 aliphatic carbocycles. The highest BCUT2D eigenvalue weighted by Crippen LogP contribution is 2.56. The van der Waals surface area contributed by atoms with Gasteiger partial charge in [0.05, 0.1) is 11.5 Å². The lowest BCUT2D eigenvalue weighted by Gasteiger charge is -2.37. The number of carbonyl (C=O) groups is 1. The van der Waals surface area contributed by atoms with Gasteiger partial charge in [0, 0.05) is 5.41 Å². The molecule has 16 heavy (non-hydrogen) atoms. The Labute approximate surface area is 97.5 Å². The lowest BCUT2D eigenvalue weighted by Crippen LogP contribution is -2.45. The minimum Gasteiger partial charge on any atom is -0.345 e. The first-order valence-corrected chi connectivity index (χ1v) is 6.06. The Morgan fingerprint density at radius 2 is 1.69 bits per heavy atom. The summed E-state index contributed by atoms with van der Waals surface area (Å²) in [5, 5.41) is 0. The van der Waals surface area contributed by atoms with Gasteiger partial charge in [-0.05, 0) is 27.2 Å². The van der Waals surface area contributed by atoms with Crippen LogP contribution in [0.25, 0.3) is 0 Å². The monoisotopic (exact) mass is 226 g/mol. The molecular weight excluding hydrogens is 204 g/mol. The van der Waals surface area contributed by atoms with Crippen molar-refractivity contribution in [3.63, 3.8) is 0 Å². The van der Waals surface area contributed by atoms with Gasteiger partial charge >= 0.3 is 0 Å². The van der Waals surface area contributed by atoms with Crippen molar-refractivity contribution >= 4 is 5.78 Å². The molecule has 0 N–H and O–H groups in total. The van der Waals surface area contributed by atoms with Crippen molar-refractivity contribution in [2.24, 2.45) is 11.3 Å². The Balaban J connectivity index is 2.38. The van der Waals surface area contributed by atoms with E-state index in [1.165, 1.54) is 0 Å². The summed E-state index contributed by atoms with van der Waals surface area (Å²) in [7, 11) is 0. The lowest BCUT2D eigenvalue weighted by atomic mass is 9.67. The SMILES string of the molecule is CCC1(C)OC2OC(C)(C)C(C)(C)C2C1=O. The van der Waals surface area contributed by atoms with Gasteiger partial charge in [-0.25, -0.2) is 0 Å². The van der Waals surface area contributed by atoms with E-state index in [0.717, 1.165) is 0 Å². The molecule has 0 aromatic heterocycles. The van der Waals surface area contributed by atoms with Gasteiger partial charge in [0.2, 0.25) is 0 Å². The Kier molecular flexibility index (Phi) is 2.32. The summed E-state index contributed by atoms with van der Waals surface area (Å²) in [4.78, 5) is 12.4. The van der Waals surface area contributed by atoms with Crippen LogP contribution in [-0.4, -0.2) is 23.3 Å². The fraction of sp³-hybridized carbons (Fsp3) is 0.923. The second-order valence-corrected chi connectivity index (χ2v) is 6.26. The number of fused-ring (bicyclic) bond motifs is 1. The van der Waals surface area contributed by atoms with E-state index >= 15 is 0 Å². The van der Waals surface area contributed by atoms with E-state index in [4.69, 9.17) is 9.47 Å². The van der Waals surface area contributed by atoms with Crippen LogP contribution in [0.5, 0.6) is 0 Å². The van der Waals surface area contributed by atoms with Crippen LogP contribution < -0.4 is 0 Å². The standard InChI is InChI=1S/C13H22O3/c1-7-13(6)9(14)8-10(16-13)15-12(4,5)11(8,2)3/h8,10H,7H2,1-6H3. The van der Waals surface area contributed by atoms with Gasteiger partial charge in [0.25, 0.3) is 0 Å². The number of ketones is 1. The van der Waals surface area contributed by atoms with E-state index in [0.29, 0.717) is 6.42 Å². The first-order valence-electron chi connectivity index (χ1n) is 6.06. The number of ether oxygens (including phenoxy) is 2. The van der Waals surface area contributed by atoms with Crippen molar-refractivity contribution in [2.75, 3.05) is 0 Å². The van der Waals surface area contributed by atoms with Crippen molar-refractivity contribution in [3.05, 3.63) is 0 Å². The summed E-state index contributed by atoms with van der Waals surface area (Å²) in [6, 6.07) is 0. The van der Waals surface area contributed by atoms with E-state index in [1.807, 2.05) is 27.7 Å². The van der Waals surface area contributed by atoms with Crippen LogP contribution in [0.15, 0.2) is 0 Å². The number of rotatable bonds is 1. The van der Waals surface area contributed by atoms with Crippen LogP contribution in [-0.2, 0) is 14.3 Å². The largest absolute Gasteiger partial charge is 0.345 e. The smallest absolute Gasteiger partial charge is 0.173 e. The molecule has 2 aliphatic rings. The maximum absolute atomic E-state index is 12.4. The van der Waals surface area contributed by atoms with Crippen molar-refractivity contribution < 1.29 is 14.3 Å². The Morgan fingerprint density at radius 1 is 1.12 bits per heavy atom. The first kappa shape index (κ1) is 12.1. The molecule has 92 valence electrons. The second kappa shape index (κ2) is 3.08. The molecule has 3 heteroatoms. The van der Waals surface area contributed by atoms with Gasteiger partial charge in [-0.3, -0.25) is 4.79 Å². The minimum absolute atomic E-state index is 0.132. The zero-order chi connectivity index (χ0) is 12.4. The molecule has 0 saturated carbocycles. The molecule has 3 unspecified atom stereocenters. The van der Waals surface area contributed by atoms with Gasteiger partial charge in [0.1, 0.15) is 5.60 Å². The molecule has 2 rings (SSSR count). The maximum Gasteiger partial charge on any atom is 0.173 e. The molecule has 0 radical (unpaired) electrons. The average Bonchev–Trinajstić information content (AvgIpc) is 2.47. The maximum atomic E-state index is 12.4. The molecule has 2 aliphatic heterocycles. The third-order valence-electron chi connectivity index (χ3n) is 4.87. The summed E-state index contributed by atoms with van der Waals surface area (Å²) in [6.45, 7) is 12.1. The number of Topliss-reactive ketones (excluding diaryl/α,β-unsaturated/α-hetero) is 1. The highest BCUT2D eigenvalue weighted by Gasteiger charge is 2.66. The molecule has 2 heterocycles.